The Balaban J connectivity index is 2.10. The second-order valence-corrected chi connectivity index (χ2v) is 6.28. The zero-order chi connectivity index (χ0) is 12.7. The van der Waals surface area contributed by atoms with E-state index in [-0.39, 0.29) is 5.82 Å². The summed E-state index contributed by atoms with van der Waals surface area (Å²) >= 11 is 7.27. The Morgan fingerprint density at radius 1 is 1.44 bits per heavy atom. The molecular formula is C13H15FN2S2. The maximum atomic E-state index is 13.7. The second-order valence-electron chi connectivity index (χ2n) is 4.76. The first-order valence-corrected chi connectivity index (χ1v) is 7.82. The van der Waals surface area contributed by atoms with E-state index in [9.17, 15) is 4.39 Å². The van der Waals surface area contributed by atoms with Crippen molar-refractivity contribution in [1.29, 1.82) is 0 Å². The molecule has 2 unspecified atom stereocenters. The van der Waals surface area contributed by atoms with E-state index in [1.807, 2.05) is 17.8 Å². The lowest BCUT2D eigenvalue weighted by Crippen LogP contribution is -2.06. The van der Waals surface area contributed by atoms with Gasteiger partial charge < -0.3 is 9.55 Å². The Morgan fingerprint density at radius 2 is 2.28 bits per heavy atom. The normalized spacial score (nSPS) is 23.9. The molecule has 1 aliphatic carbocycles. The summed E-state index contributed by atoms with van der Waals surface area (Å²) in [4.78, 5) is 3.00. The number of benzene rings is 1. The number of halogens is 1. The first kappa shape index (κ1) is 12.2. The second kappa shape index (κ2) is 4.70. The van der Waals surface area contributed by atoms with Gasteiger partial charge in [0.25, 0.3) is 0 Å². The molecule has 1 saturated carbocycles. The number of H-pyrrole nitrogens is 1. The number of hydrogen-bond acceptors (Lipinski definition) is 2. The summed E-state index contributed by atoms with van der Waals surface area (Å²) in [6, 6.07) is 5.57. The van der Waals surface area contributed by atoms with Gasteiger partial charge in [0, 0.05) is 11.3 Å². The largest absolute Gasteiger partial charge is 0.328 e. The van der Waals surface area contributed by atoms with E-state index in [0.717, 1.165) is 18.4 Å². The molecule has 0 bridgehead atoms. The third-order valence-electron chi connectivity index (χ3n) is 3.76. The Hall–Kier alpha value is -0.810. The summed E-state index contributed by atoms with van der Waals surface area (Å²) in [6.07, 6.45) is 5.62. The number of nitrogens with one attached hydrogen (secondary N) is 1. The van der Waals surface area contributed by atoms with Gasteiger partial charge in [0.15, 0.2) is 4.77 Å². The molecule has 1 fully saturated rings. The van der Waals surface area contributed by atoms with E-state index < -0.39 is 0 Å². The van der Waals surface area contributed by atoms with Crippen LogP contribution in [-0.4, -0.2) is 21.1 Å². The highest BCUT2D eigenvalue weighted by atomic mass is 32.2. The lowest BCUT2D eigenvalue weighted by molar-refractivity contribution is 0.527. The van der Waals surface area contributed by atoms with E-state index in [0.29, 0.717) is 21.6 Å². The number of imidazole rings is 1. The van der Waals surface area contributed by atoms with Crippen molar-refractivity contribution in [2.75, 3.05) is 6.26 Å². The van der Waals surface area contributed by atoms with E-state index >= 15 is 0 Å². The van der Waals surface area contributed by atoms with Gasteiger partial charge in [-0.1, -0.05) is 6.07 Å². The molecule has 1 N–H and O–H groups in total. The number of aromatic nitrogens is 2. The number of thioether (sulfide) groups is 1. The molecule has 1 aliphatic rings. The maximum absolute atomic E-state index is 13.7. The molecule has 1 aromatic heterocycles. The van der Waals surface area contributed by atoms with Gasteiger partial charge in [-0.25, -0.2) is 4.39 Å². The molecule has 0 spiro atoms. The van der Waals surface area contributed by atoms with Crippen molar-refractivity contribution in [2.45, 2.75) is 30.6 Å². The van der Waals surface area contributed by atoms with Crippen molar-refractivity contribution in [1.82, 2.24) is 9.55 Å². The lowest BCUT2D eigenvalue weighted by atomic mass is 10.2. The van der Waals surface area contributed by atoms with Gasteiger partial charge >= 0.3 is 0 Å². The van der Waals surface area contributed by atoms with Crippen LogP contribution in [0.3, 0.4) is 0 Å². The molecular weight excluding hydrogens is 267 g/mol. The van der Waals surface area contributed by atoms with Crippen LogP contribution in [-0.2, 0) is 0 Å². The molecule has 1 heterocycles. The summed E-state index contributed by atoms with van der Waals surface area (Å²) in [5.74, 6) is -0.225. The van der Waals surface area contributed by atoms with Gasteiger partial charge in [-0.2, -0.15) is 11.8 Å². The van der Waals surface area contributed by atoms with Gasteiger partial charge in [0.05, 0.1) is 5.52 Å². The molecule has 2 aromatic rings. The smallest absolute Gasteiger partial charge is 0.178 e. The van der Waals surface area contributed by atoms with E-state index in [2.05, 4.69) is 15.8 Å². The fourth-order valence-electron chi connectivity index (χ4n) is 2.84. The van der Waals surface area contributed by atoms with Gasteiger partial charge in [0.1, 0.15) is 11.3 Å². The van der Waals surface area contributed by atoms with Crippen LogP contribution in [0.25, 0.3) is 11.0 Å². The molecule has 0 aliphatic heterocycles. The zero-order valence-electron chi connectivity index (χ0n) is 10.1. The zero-order valence-corrected chi connectivity index (χ0v) is 11.8. The fourth-order valence-corrected chi connectivity index (χ4v) is 3.98. The molecule has 96 valence electrons. The summed E-state index contributed by atoms with van der Waals surface area (Å²) in [5, 5.41) is 0.704. The van der Waals surface area contributed by atoms with Crippen molar-refractivity contribution in [3.8, 4) is 0 Å². The Labute approximate surface area is 115 Å². The van der Waals surface area contributed by atoms with Gasteiger partial charge in [-0.3, -0.25) is 0 Å². The molecule has 0 saturated heterocycles. The summed E-state index contributed by atoms with van der Waals surface area (Å²) < 4.78 is 16.5. The summed E-state index contributed by atoms with van der Waals surface area (Å²) in [5.41, 5.74) is 1.43. The third-order valence-corrected chi connectivity index (χ3v) is 5.15. The first-order valence-electron chi connectivity index (χ1n) is 6.12. The predicted octanol–water partition coefficient (Wildman–Crippen LogP) is 4.29. The average Bonchev–Trinajstić information content (AvgIpc) is 2.93. The highest BCUT2D eigenvalue weighted by molar-refractivity contribution is 7.99. The number of nitrogens with zero attached hydrogens (tertiary/aromatic N) is 1. The quantitative estimate of drug-likeness (QED) is 0.829. The number of rotatable bonds is 2. The molecule has 5 heteroatoms. The van der Waals surface area contributed by atoms with Crippen LogP contribution in [0.15, 0.2) is 18.2 Å². The van der Waals surface area contributed by atoms with E-state index in [4.69, 9.17) is 12.2 Å². The highest BCUT2D eigenvalue weighted by Crippen LogP contribution is 2.38. The van der Waals surface area contributed by atoms with Crippen LogP contribution in [0.1, 0.15) is 25.3 Å². The topological polar surface area (TPSA) is 20.7 Å². The van der Waals surface area contributed by atoms with Crippen molar-refractivity contribution in [2.24, 2.45) is 0 Å². The molecule has 0 amide bonds. The molecule has 3 rings (SSSR count). The fraction of sp³-hybridized carbons (Fsp3) is 0.462. The number of para-hydroxylation sites is 1. The van der Waals surface area contributed by atoms with Crippen molar-refractivity contribution < 1.29 is 4.39 Å². The van der Waals surface area contributed by atoms with Crippen LogP contribution < -0.4 is 0 Å². The monoisotopic (exact) mass is 282 g/mol. The Kier molecular flexibility index (Phi) is 3.20. The first-order chi connectivity index (χ1) is 8.70. The third kappa shape index (κ3) is 1.89. The van der Waals surface area contributed by atoms with Crippen LogP contribution in [0.5, 0.6) is 0 Å². The van der Waals surface area contributed by atoms with Gasteiger partial charge in [-0.05, 0) is 49.9 Å². The Morgan fingerprint density at radius 3 is 3.00 bits per heavy atom. The van der Waals surface area contributed by atoms with Crippen molar-refractivity contribution in [3.05, 3.63) is 28.8 Å². The number of hydrogen-bond donors (Lipinski definition) is 1. The standard InChI is InChI=1S/C13H15FN2S2/c1-18-9-6-5-8(7-9)16-11-4-2-3-10(14)12(11)15-13(16)17/h2-4,8-9H,5-7H2,1H3,(H,15,17). The lowest BCUT2D eigenvalue weighted by Gasteiger charge is -2.13. The predicted molar refractivity (Wildman–Crippen MR) is 77.3 cm³/mol. The molecule has 2 nitrogen and oxygen atoms in total. The number of fused-ring (bicyclic) bond motifs is 1. The SMILES string of the molecule is CSC1CCC(n2c(=S)[nH]c3c(F)cccc32)C1. The summed E-state index contributed by atoms with van der Waals surface area (Å²) in [7, 11) is 0. The highest BCUT2D eigenvalue weighted by Gasteiger charge is 2.27. The van der Waals surface area contributed by atoms with Crippen LogP contribution in [0, 0.1) is 10.6 Å². The van der Waals surface area contributed by atoms with Crippen LogP contribution in [0.2, 0.25) is 0 Å². The molecule has 18 heavy (non-hydrogen) atoms. The van der Waals surface area contributed by atoms with E-state index in [1.165, 1.54) is 12.5 Å². The maximum Gasteiger partial charge on any atom is 0.178 e. The van der Waals surface area contributed by atoms with E-state index in [1.54, 1.807) is 6.07 Å². The summed E-state index contributed by atoms with van der Waals surface area (Å²) in [6.45, 7) is 0. The van der Waals surface area contributed by atoms with Crippen molar-refractivity contribution in [3.63, 3.8) is 0 Å². The Bertz CT molecular complexity index is 631. The molecule has 2 atom stereocenters. The minimum absolute atomic E-state index is 0.225. The average molecular weight is 282 g/mol. The minimum atomic E-state index is -0.225. The van der Waals surface area contributed by atoms with Crippen molar-refractivity contribution >= 4 is 35.0 Å². The molecule has 1 aromatic carbocycles. The van der Waals surface area contributed by atoms with Crippen LogP contribution >= 0.6 is 24.0 Å². The van der Waals surface area contributed by atoms with Gasteiger partial charge in [-0.15, -0.1) is 0 Å². The number of aromatic amines is 1. The van der Waals surface area contributed by atoms with Gasteiger partial charge in [0.2, 0.25) is 0 Å². The minimum Gasteiger partial charge on any atom is -0.328 e. The van der Waals surface area contributed by atoms with Crippen LogP contribution in [0.4, 0.5) is 4.39 Å². The molecule has 0 radical (unpaired) electrons.